The van der Waals surface area contributed by atoms with Crippen molar-refractivity contribution >= 4 is 16.7 Å². The molecule has 0 atom stereocenters. The van der Waals surface area contributed by atoms with Crippen LogP contribution in [0.4, 0.5) is 5.69 Å². The van der Waals surface area contributed by atoms with E-state index in [0.717, 1.165) is 48.6 Å². The molecule has 0 unspecified atom stereocenters. The molecule has 3 N–H and O–H groups in total. The molecule has 124 valence electrons. The van der Waals surface area contributed by atoms with Crippen molar-refractivity contribution < 1.29 is 4.74 Å². The molecule has 1 aromatic heterocycles. The van der Waals surface area contributed by atoms with Crippen LogP contribution in [0, 0.1) is 0 Å². The Balaban J connectivity index is 1.44. The van der Waals surface area contributed by atoms with E-state index < -0.39 is 0 Å². The first-order valence-corrected chi connectivity index (χ1v) is 8.97. The summed E-state index contributed by atoms with van der Waals surface area (Å²) in [5.41, 5.74) is 10.1. The normalized spacial score (nSPS) is 20.9. The van der Waals surface area contributed by atoms with Crippen LogP contribution < -0.4 is 10.9 Å². The second-order valence-corrected chi connectivity index (χ2v) is 6.84. The van der Waals surface area contributed by atoms with Crippen molar-refractivity contribution in [3.8, 4) is 0 Å². The number of anilines is 1. The number of aromatic nitrogens is 2. The van der Waals surface area contributed by atoms with Crippen LogP contribution in [0.15, 0.2) is 18.2 Å². The zero-order valence-electron chi connectivity index (χ0n) is 13.6. The van der Waals surface area contributed by atoms with E-state index in [1.807, 2.05) is 0 Å². The summed E-state index contributed by atoms with van der Waals surface area (Å²) in [5.74, 6) is 1.62. The molecular weight excluding hydrogens is 288 g/mol. The van der Waals surface area contributed by atoms with Crippen LogP contribution in [-0.2, 0) is 4.74 Å². The number of aromatic amines is 1. The average molecular weight is 314 g/mol. The van der Waals surface area contributed by atoms with Crippen LogP contribution in [0.2, 0.25) is 0 Å². The number of hydrogen-bond donors (Lipinski definition) is 3. The molecule has 1 aliphatic heterocycles. The van der Waals surface area contributed by atoms with E-state index in [1.165, 1.54) is 32.1 Å². The predicted molar refractivity (Wildman–Crippen MR) is 92.5 cm³/mol. The first-order chi connectivity index (χ1) is 11.4. The number of hydrogen-bond acceptors (Lipinski definition) is 4. The molecule has 2 fully saturated rings. The van der Waals surface area contributed by atoms with Gasteiger partial charge in [-0.3, -0.25) is 0 Å². The van der Waals surface area contributed by atoms with Gasteiger partial charge in [-0.05, 0) is 43.9 Å². The van der Waals surface area contributed by atoms with Crippen LogP contribution >= 0.6 is 0 Å². The van der Waals surface area contributed by atoms with Gasteiger partial charge in [0.2, 0.25) is 0 Å². The average Bonchev–Trinajstić information content (AvgIpc) is 3.05. The van der Waals surface area contributed by atoms with Crippen LogP contribution in [0.3, 0.4) is 0 Å². The zero-order valence-corrected chi connectivity index (χ0v) is 13.6. The molecule has 4 rings (SSSR count). The van der Waals surface area contributed by atoms with Gasteiger partial charge in [0.25, 0.3) is 0 Å². The highest BCUT2D eigenvalue weighted by molar-refractivity contribution is 5.79. The highest BCUT2D eigenvalue weighted by Crippen LogP contribution is 2.27. The summed E-state index contributed by atoms with van der Waals surface area (Å²) in [6.45, 7) is 1.69. The molecule has 5 heteroatoms. The van der Waals surface area contributed by atoms with Gasteiger partial charge in [0.05, 0.1) is 16.7 Å². The van der Waals surface area contributed by atoms with Gasteiger partial charge in [-0.2, -0.15) is 0 Å². The Labute approximate surface area is 137 Å². The lowest BCUT2D eigenvalue weighted by Gasteiger charge is -2.23. The first-order valence-electron chi connectivity index (χ1n) is 8.97. The highest BCUT2D eigenvalue weighted by Gasteiger charge is 2.19. The molecule has 0 amide bonds. The van der Waals surface area contributed by atoms with E-state index in [2.05, 4.69) is 34.0 Å². The molecule has 1 saturated heterocycles. The quantitative estimate of drug-likeness (QED) is 0.753. The zero-order chi connectivity index (χ0) is 15.5. The van der Waals surface area contributed by atoms with Crippen molar-refractivity contribution in [3.63, 3.8) is 0 Å². The smallest absolute Gasteiger partial charge is 0.110 e. The highest BCUT2D eigenvalue weighted by atomic mass is 16.5. The van der Waals surface area contributed by atoms with E-state index >= 15 is 0 Å². The van der Waals surface area contributed by atoms with Crippen LogP contribution in [0.5, 0.6) is 0 Å². The Kier molecular flexibility index (Phi) is 4.48. The lowest BCUT2D eigenvalue weighted by atomic mass is 9.96. The summed E-state index contributed by atoms with van der Waals surface area (Å²) in [6.07, 6.45) is 8.73. The Morgan fingerprint density at radius 2 is 1.87 bits per heavy atom. The van der Waals surface area contributed by atoms with Gasteiger partial charge in [-0.15, -0.1) is 0 Å². The molecule has 23 heavy (non-hydrogen) atoms. The van der Waals surface area contributed by atoms with Crippen molar-refractivity contribution in [2.75, 3.05) is 18.6 Å². The number of nitrogens with zero attached hydrogens (tertiary/aromatic N) is 1. The number of benzene rings is 1. The summed E-state index contributed by atoms with van der Waals surface area (Å²) in [7, 11) is 0. The van der Waals surface area contributed by atoms with Crippen molar-refractivity contribution in [2.45, 2.75) is 56.9 Å². The second-order valence-electron chi connectivity index (χ2n) is 6.84. The third-order valence-corrected chi connectivity index (χ3v) is 5.13. The maximum Gasteiger partial charge on any atom is 0.110 e. The van der Waals surface area contributed by atoms with Crippen LogP contribution in [-0.4, -0.2) is 29.2 Å². The van der Waals surface area contributed by atoms with Crippen molar-refractivity contribution in [3.05, 3.63) is 24.0 Å². The Bertz CT molecular complexity index is 642. The SMILES string of the molecule is c1cc2nc(C3CCOCC3)[nH]c2cc1NNC1CCCCC1. The minimum absolute atomic E-state index is 0.507. The topological polar surface area (TPSA) is 62.0 Å². The molecular formula is C18H26N4O. The Hall–Kier alpha value is -1.59. The maximum atomic E-state index is 5.44. The van der Waals surface area contributed by atoms with Gasteiger partial charge in [0.1, 0.15) is 5.82 Å². The summed E-state index contributed by atoms with van der Waals surface area (Å²) in [6, 6.07) is 6.95. The molecule has 5 nitrogen and oxygen atoms in total. The molecule has 1 aromatic carbocycles. The maximum absolute atomic E-state index is 5.44. The van der Waals surface area contributed by atoms with Crippen LogP contribution in [0.25, 0.3) is 11.0 Å². The van der Waals surface area contributed by atoms with Crippen LogP contribution in [0.1, 0.15) is 56.7 Å². The fourth-order valence-corrected chi connectivity index (χ4v) is 3.70. The molecule has 1 saturated carbocycles. The minimum atomic E-state index is 0.507. The number of rotatable bonds is 4. The number of fused-ring (bicyclic) bond motifs is 1. The second kappa shape index (κ2) is 6.89. The molecule has 0 bridgehead atoms. The number of hydrazine groups is 1. The van der Waals surface area contributed by atoms with E-state index in [4.69, 9.17) is 9.72 Å². The minimum Gasteiger partial charge on any atom is -0.381 e. The number of imidazole rings is 1. The third kappa shape index (κ3) is 3.51. The van der Waals surface area contributed by atoms with Gasteiger partial charge >= 0.3 is 0 Å². The van der Waals surface area contributed by atoms with Gasteiger partial charge in [0.15, 0.2) is 0 Å². The summed E-state index contributed by atoms with van der Waals surface area (Å²) in [4.78, 5) is 8.28. The molecule has 2 aliphatic rings. The molecule has 0 spiro atoms. The van der Waals surface area contributed by atoms with E-state index in [1.54, 1.807) is 0 Å². The number of nitrogens with one attached hydrogen (secondary N) is 3. The van der Waals surface area contributed by atoms with E-state index in [0.29, 0.717) is 12.0 Å². The molecule has 2 heterocycles. The van der Waals surface area contributed by atoms with Gasteiger partial charge < -0.3 is 15.1 Å². The lowest BCUT2D eigenvalue weighted by molar-refractivity contribution is 0.0838. The molecule has 0 radical (unpaired) electrons. The third-order valence-electron chi connectivity index (χ3n) is 5.13. The Morgan fingerprint density at radius 1 is 1.04 bits per heavy atom. The van der Waals surface area contributed by atoms with E-state index in [-0.39, 0.29) is 0 Å². The van der Waals surface area contributed by atoms with Crippen molar-refractivity contribution in [1.29, 1.82) is 0 Å². The fraction of sp³-hybridized carbons (Fsp3) is 0.611. The summed E-state index contributed by atoms with van der Waals surface area (Å²) in [5, 5.41) is 0. The number of ether oxygens (including phenoxy) is 1. The monoisotopic (exact) mass is 314 g/mol. The van der Waals surface area contributed by atoms with Gasteiger partial charge in [0, 0.05) is 25.2 Å². The molecule has 2 aromatic rings. The molecule has 1 aliphatic carbocycles. The first kappa shape index (κ1) is 15.0. The van der Waals surface area contributed by atoms with Crippen molar-refractivity contribution in [2.24, 2.45) is 0 Å². The number of H-pyrrole nitrogens is 1. The van der Waals surface area contributed by atoms with Crippen molar-refractivity contribution in [1.82, 2.24) is 15.4 Å². The lowest BCUT2D eigenvalue weighted by Crippen LogP contribution is -2.35. The van der Waals surface area contributed by atoms with Gasteiger partial charge in [-0.1, -0.05) is 19.3 Å². The summed E-state index contributed by atoms with van der Waals surface area (Å²) >= 11 is 0. The fourth-order valence-electron chi connectivity index (χ4n) is 3.70. The van der Waals surface area contributed by atoms with Gasteiger partial charge in [-0.25, -0.2) is 10.4 Å². The predicted octanol–water partition coefficient (Wildman–Crippen LogP) is 3.71. The Morgan fingerprint density at radius 3 is 2.70 bits per heavy atom. The largest absolute Gasteiger partial charge is 0.381 e. The summed E-state index contributed by atoms with van der Waals surface area (Å²) < 4.78 is 5.44. The van der Waals surface area contributed by atoms with E-state index in [9.17, 15) is 0 Å². The standard InChI is InChI=1S/C18H26N4O/c1-2-4-14(5-3-1)21-22-15-6-7-16-17(12-15)20-18(19-16)13-8-10-23-11-9-13/h6-7,12-14,21-22H,1-5,8-11H2,(H,19,20).